The molecule has 9 heteroatoms. The summed E-state index contributed by atoms with van der Waals surface area (Å²) in [6.07, 6.45) is -5.05. The maximum absolute atomic E-state index is 11.8. The van der Waals surface area contributed by atoms with Crippen LogP contribution >= 0.6 is 12.4 Å². The average Bonchev–Trinajstić information content (AvgIpc) is 2.16. The molecule has 0 fully saturated rings. The molecule has 0 atom stereocenters. The van der Waals surface area contributed by atoms with Crippen molar-refractivity contribution in [2.75, 3.05) is 7.05 Å². The zero-order valence-electron chi connectivity index (χ0n) is 8.51. The normalized spacial score (nSPS) is 12.3. The van der Waals surface area contributed by atoms with Crippen LogP contribution in [0.2, 0.25) is 0 Å². The standard InChI is InChI=1S/C8H8F3NO3S.ClH/c1-12(15-8(9,10)11)16(13,14)7-5-3-2-4-6-7;/h2-6H,1H3;1H. The fourth-order valence-corrected chi connectivity index (χ4v) is 1.92. The van der Waals surface area contributed by atoms with Gasteiger partial charge in [0.15, 0.2) is 0 Å². The molecule has 4 nitrogen and oxygen atoms in total. The molecular formula is C8H9ClF3NO3S. The molecule has 17 heavy (non-hydrogen) atoms. The molecule has 0 aliphatic heterocycles. The van der Waals surface area contributed by atoms with E-state index in [-0.39, 0.29) is 21.8 Å². The summed E-state index contributed by atoms with van der Waals surface area (Å²) < 4.78 is 58.3. The average molecular weight is 292 g/mol. The predicted molar refractivity (Wildman–Crippen MR) is 55.8 cm³/mol. The first-order chi connectivity index (χ1) is 7.23. The summed E-state index contributed by atoms with van der Waals surface area (Å²) in [5.41, 5.74) is 0. The number of benzene rings is 1. The number of rotatable bonds is 3. The highest BCUT2D eigenvalue weighted by atomic mass is 35.5. The number of hydrogen-bond donors (Lipinski definition) is 0. The minimum atomic E-state index is -5.05. The van der Waals surface area contributed by atoms with Crippen molar-refractivity contribution in [1.29, 1.82) is 0 Å². The number of halogens is 4. The van der Waals surface area contributed by atoms with Crippen molar-refractivity contribution < 1.29 is 26.4 Å². The Morgan fingerprint density at radius 3 is 2.06 bits per heavy atom. The van der Waals surface area contributed by atoms with Crippen LogP contribution in [0.3, 0.4) is 0 Å². The van der Waals surface area contributed by atoms with Gasteiger partial charge in [-0.05, 0) is 12.1 Å². The molecule has 1 aromatic carbocycles. The first-order valence-corrected chi connectivity index (χ1v) is 5.47. The number of hydrogen-bond acceptors (Lipinski definition) is 3. The molecule has 0 unspecified atom stereocenters. The van der Waals surface area contributed by atoms with E-state index in [1.807, 2.05) is 0 Å². The SMILES string of the molecule is CN(OC(F)(F)F)S(=O)(=O)c1ccccc1.Cl. The minimum Gasteiger partial charge on any atom is -0.205 e. The Kier molecular flexibility index (Phi) is 5.40. The Labute approximate surface area is 102 Å². The van der Waals surface area contributed by atoms with Crippen molar-refractivity contribution in [3.8, 4) is 0 Å². The van der Waals surface area contributed by atoms with Crippen molar-refractivity contribution in [2.24, 2.45) is 0 Å². The van der Waals surface area contributed by atoms with Gasteiger partial charge in [-0.2, -0.15) is 4.84 Å². The van der Waals surface area contributed by atoms with Gasteiger partial charge in [0, 0.05) is 7.05 Å². The topological polar surface area (TPSA) is 46.6 Å². The van der Waals surface area contributed by atoms with Crippen LogP contribution in [0.1, 0.15) is 0 Å². The van der Waals surface area contributed by atoms with Gasteiger partial charge in [-0.3, -0.25) is 0 Å². The quantitative estimate of drug-likeness (QED) is 0.802. The van der Waals surface area contributed by atoms with Gasteiger partial charge in [-0.1, -0.05) is 22.7 Å². The van der Waals surface area contributed by atoms with Gasteiger partial charge in [-0.25, -0.2) is 8.42 Å². The number of sulfonamides is 1. The van der Waals surface area contributed by atoms with Gasteiger partial charge in [0.1, 0.15) is 0 Å². The number of alkyl halides is 3. The Bertz CT molecular complexity index is 449. The summed E-state index contributed by atoms with van der Waals surface area (Å²) in [6.45, 7) is 0. The zero-order valence-corrected chi connectivity index (χ0v) is 10.1. The van der Waals surface area contributed by atoms with E-state index in [9.17, 15) is 21.6 Å². The van der Waals surface area contributed by atoms with Crippen LogP contribution in [0.5, 0.6) is 0 Å². The summed E-state index contributed by atoms with van der Waals surface area (Å²) in [4.78, 5) is 3.03. The first kappa shape index (κ1) is 16.2. The van der Waals surface area contributed by atoms with Crippen molar-refractivity contribution in [3.63, 3.8) is 0 Å². The molecule has 1 aromatic rings. The van der Waals surface area contributed by atoms with E-state index in [2.05, 4.69) is 4.84 Å². The minimum absolute atomic E-state index is 0. The first-order valence-electron chi connectivity index (χ1n) is 4.03. The molecule has 0 aliphatic rings. The van der Waals surface area contributed by atoms with Crippen LogP contribution in [0.15, 0.2) is 35.2 Å². The molecule has 0 spiro atoms. The van der Waals surface area contributed by atoms with Gasteiger partial charge >= 0.3 is 6.36 Å². The number of nitrogens with zero attached hydrogens (tertiary/aromatic N) is 1. The second-order valence-corrected chi connectivity index (χ2v) is 4.70. The molecular weight excluding hydrogens is 283 g/mol. The van der Waals surface area contributed by atoms with E-state index in [4.69, 9.17) is 0 Å². The second kappa shape index (κ2) is 5.67. The van der Waals surface area contributed by atoms with Crippen LogP contribution in [0, 0.1) is 0 Å². The summed E-state index contributed by atoms with van der Waals surface area (Å²) in [7, 11) is -3.60. The molecule has 0 saturated heterocycles. The van der Waals surface area contributed by atoms with Crippen LogP contribution < -0.4 is 0 Å². The van der Waals surface area contributed by atoms with Crippen LogP contribution in [-0.4, -0.2) is 26.3 Å². The molecule has 0 saturated carbocycles. The molecule has 1 rings (SSSR count). The van der Waals surface area contributed by atoms with Crippen molar-refractivity contribution >= 4 is 22.4 Å². The molecule has 0 amide bonds. The van der Waals surface area contributed by atoms with Crippen LogP contribution in [0.25, 0.3) is 0 Å². The Morgan fingerprint density at radius 2 is 1.65 bits per heavy atom. The zero-order chi connectivity index (χ0) is 12.4. The summed E-state index contributed by atoms with van der Waals surface area (Å²) in [6, 6.07) is 6.68. The molecule has 0 radical (unpaired) electrons. The third kappa shape index (κ3) is 4.50. The lowest BCUT2D eigenvalue weighted by molar-refractivity contribution is -0.385. The molecule has 0 N–H and O–H groups in total. The maximum Gasteiger partial charge on any atom is 0.540 e. The molecule has 0 bridgehead atoms. The monoisotopic (exact) mass is 291 g/mol. The van der Waals surface area contributed by atoms with E-state index in [1.54, 1.807) is 6.07 Å². The highest BCUT2D eigenvalue weighted by Crippen LogP contribution is 2.22. The van der Waals surface area contributed by atoms with Gasteiger partial charge in [0.25, 0.3) is 10.0 Å². The summed E-state index contributed by atoms with van der Waals surface area (Å²) >= 11 is 0. The lowest BCUT2D eigenvalue weighted by Crippen LogP contribution is -2.33. The molecule has 0 heterocycles. The Hall–Kier alpha value is -0.830. The predicted octanol–water partition coefficient (Wildman–Crippen LogP) is 2.18. The summed E-state index contributed by atoms with van der Waals surface area (Å²) in [5.74, 6) is 0. The van der Waals surface area contributed by atoms with Crippen molar-refractivity contribution in [2.45, 2.75) is 11.3 Å². The second-order valence-electron chi connectivity index (χ2n) is 2.76. The van der Waals surface area contributed by atoms with E-state index in [0.29, 0.717) is 7.05 Å². The van der Waals surface area contributed by atoms with Gasteiger partial charge in [0.2, 0.25) is 0 Å². The number of hydroxylamine groups is 1. The molecule has 98 valence electrons. The van der Waals surface area contributed by atoms with E-state index in [0.717, 1.165) is 0 Å². The Balaban J connectivity index is 0.00000256. The van der Waals surface area contributed by atoms with Gasteiger partial charge < -0.3 is 0 Å². The summed E-state index contributed by atoms with van der Waals surface area (Å²) in [5, 5.41) is 0. The third-order valence-electron chi connectivity index (χ3n) is 1.61. The van der Waals surface area contributed by atoms with Crippen LogP contribution in [0.4, 0.5) is 13.2 Å². The highest BCUT2D eigenvalue weighted by molar-refractivity contribution is 7.89. The fraction of sp³-hybridized carbons (Fsp3) is 0.250. The maximum atomic E-state index is 11.8. The molecule has 0 aliphatic carbocycles. The van der Waals surface area contributed by atoms with E-state index >= 15 is 0 Å². The van der Waals surface area contributed by atoms with E-state index in [1.165, 1.54) is 24.3 Å². The van der Waals surface area contributed by atoms with Gasteiger partial charge in [-0.15, -0.1) is 25.6 Å². The smallest absolute Gasteiger partial charge is 0.205 e. The van der Waals surface area contributed by atoms with Gasteiger partial charge in [0.05, 0.1) is 4.90 Å². The fourth-order valence-electron chi connectivity index (χ4n) is 0.936. The third-order valence-corrected chi connectivity index (χ3v) is 3.23. The van der Waals surface area contributed by atoms with E-state index < -0.39 is 16.4 Å². The van der Waals surface area contributed by atoms with Crippen molar-refractivity contribution in [3.05, 3.63) is 30.3 Å². The molecule has 0 aromatic heterocycles. The largest absolute Gasteiger partial charge is 0.540 e. The van der Waals surface area contributed by atoms with Crippen LogP contribution in [-0.2, 0) is 14.9 Å². The lowest BCUT2D eigenvalue weighted by atomic mass is 10.4. The van der Waals surface area contributed by atoms with Crippen molar-refractivity contribution in [1.82, 2.24) is 4.47 Å². The highest BCUT2D eigenvalue weighted by Gasteiger charge is 2.36. The Morgan fingerprint density at radius 1 is 1.18 bits per heavy atom. The lowest BCUT2D eigenvalue weighted by Gasteiger charge is -2.17.